The van der Waals surface area contributed by atoms with Crippen LogP contribution < -0.4 is 4.90 Å². The van der Waals surface area contributed by atoms with Crippen LogP contribution >= 0.6 is 11.3 Å². The first-order valence-electron chi connectivity index (χ1n) is 18.7. The van der Waals surface area contributed by atoms with E-state index in [1.807, 2.05) is 11.3 Å². The van der Waals surface area contributed by atoms with Crippen molar-refractivity contribution in [2.75, 3.05) is 4.90 Å². The first kappa shape index (κ1) is 29.7. The zero-order valence-corrected chi connectivity index (χ0v) is 31.0. The third-order valence-electron chi connectivity index (χ3n) is 12.7. The monoisotopic (exact) mass is 696 g/mol. The predicted molar refractivity (Wildman–Crippen MR) is 226 cm³/mol. The van der Waals surface area contributed by atoms with Crippen LogP contribution in [0, 0.1) is 0 Å². The Balaban J connectivity index is 1.16. The molecule has 0 saturated heterocycles. The molecule has 12 rings (SSSR count). The number of thiophene rings is 1. The van der Waals surface area contributed by atoms with Crippen molar-refractivity contribution < 1.29 is 0 Å². The van der Waals surface area contributed by atoms with Crippen molar-refractivity contribution in [3.8, 4) is 22.3 Å². The Morgan fingerprint density at radius 1 is 0.472 bits per heavy atom. The van der Waals surface area contributed by atoms with Gasteiger partial charge in [0.05, 0.1) is 26.9 Å². The molecule has 7 aromatic carbocycles. The quantitative estimate of drug-likeness (QED) is 0.178. The normalized spacial score (nSPS) is 15.1. The van der Waals surface area contributed by atoms with Gasteiger partial charge in [-0.3, -0.25) is 0 Å². The van der Waals surface area contributed by atoms with Crippen LogP contribution in [0.15, 0.2) is 146 Å². The van der Waals surface area contributed by atoms with Crippen molar-refractivity contribution in [1.29, 1.82) is 0 Å². The largest absolute Gasteiger partial charge is 0.310 e. The van der Waals surface area contributed by atoms with Gasteiger partial charge in [-0.25, -0.2) is 0 Å². The van der Waals surface area contributed by atoms with Crippen LogP contribution in [0.25, 0.3) is 69.7 Å². The molecule has 0 bridgehead atoms. The smallest absolute Gasteiger partial charge is 0.0728 e. The average Bonchev–Trinajstić information content (AvgIpc) is 3.93. The Kier molecular flexibility index (Phi) is 5.56. The van der Waals surface area contributed by atoms with Crippen LogP contribution in [-0.4, -0.2) is 4.40 Å². The molecule has 0 saturated carbocycles. The van der Waals surface area contributed by atoms with Gasteiger partial charge in [0.15, 0.2) is 0 Å². The van der Waals surface area contributed by atoms with E-state index in [1.54, 1.807) is 0 Å². The maximum Gasteiger partial charge on any atom is 0.0728 e. The Hall–Kier alpha value is -5.90. The number of rotatable bonds is 3. The van der Waals surface area contributed by atoms with Crippen molar-refractivity contribution in [1.82, 2.24) is 4.40 Å². The Labute approximate surface area is 312 Å². The van der Waals surface area contributed by atoms with E-state index in [-0.39, 0.29) is 10.8 Å². The van der Waals surface area contributed by atoms with Crippen LogP contribution in [0.1, 0.15) is 49.9 Å². The summed E-state index contributed by atoms with van der Waals surface area (Å²) in [5.74, 6) is 0. The third-order valence-corrected chi connectivity index (χ3v) is 13.9. The van der Waals surface area contributed by atoms with E-state index in [9.17, 15) is 0 Å². The third kappa shape index (κ3) is 3.63. The molecular formula is C50H36N2S. The minimum Gasteiger partial charge on any atom is -0.310 e. The zero-order chi connectivity index (χ0) is 35.4. The van der Waals surface area contributed by atoms with Gasteiger partial charge >= 0.3 is 0 Å². The molecule has 0 amide bonds. The van der Waals surface area contributed by atoms with E-state index in [2.05, 4.69) is 183 Å². The van der Waals surface area contributed by atoms with E-state index >= 15 is 0 Å². The molecular weight excluding hydrogens is 661 g/mol. The van der Waals surface area contributed by atoms with E-state index in [0.29, 0.717) is 0 Å². The molecule has 0 N–H and O–H groups in total. The number of aromatic nitrogens is 1. The highest BCUT2D eigenvalue weighted by Gasteiger charge is 2.39. The van der Waals surface area contributed by atoms with Crippen molar-refractivity contribution in [3.63, 3.8) is 0 Å². The second-order valence-electron chi connectivity index (χ2n) is 16.1. The number of anilines is 3. The van der Waals surface area contributed by atoms with Gasteiger partial charge in [0.2, 0.25) is 0 Å². The Morgan fingerprint density at radius 3 is 1.96 bits per heavy atom. The van der Waals surface area contributed by atoms with Gasteiger partial charge < -0.3 is 9.30 Å². The summed E-state index contributed by atoms with van der Waals surface area (Å²) in [6.07, 6.45) is 0. The van der Waals surface area contributed by atoms with Gasteiger partial charge in [-0.1, -0.05) is 131 Å². The average molecular weight is 697 g/mol. The summed E-state index contributed by atoms with van der Waals surface area (Å²) >= 11 is 1.91. The van der Waals surface area contributed by atoms with Gasteiger partial charge in [0.25, 0.3) is 0 Å². The van der Waals surface area contributed by atoms with Crippen LogP contribution in [0.4, 0.5) is 17.1 Å². The van der Waals surface area contributed by atoms with E-state index < -0.39 is 0 Å². The van der Waals surface area contributed by atoms with Crippen molar-refractivity contribution in [2.45, 2.75) is 38.5 Å². The Morgan fingerprint density at radius 2 is 1.09 bits per heavy atom. The summed E-state index contributed by atoms with van der Waals surface area (Å²) in [7, 11) is 0. The minimum absolute atomic E-state index is 0.0963. The Bertz CT molecular complexity index is 3190. The molecule has 2 aliphatic carbocycles. The van der Waals surface area contributed by atoms with Gasteiger partial charge in [-0.15, -0.1) is 11.3 Å². The number of para-hydroxylation sites is 1. The van der Waals surface area contributed by atoms with E-state index in [4.69, 9.17) is 0 Å². The molecule has 0 spiro atoms. The molecule has 10 aromatic rings. The number of hydrogen-bond acceptors (Lipinski definition) is 2. The molecule has 0 fully saturated rings. The lowest BCUT2D eigenvalue weighted by molar-refractivity contribution is 0.660. The fourth-order valence-electron chi connectivity index (χ4n) is 10.2. The van der Waals surface area contributed by atoms with Gasteiger partial charge in [-0.2, -0.15) is 0 Å². The first-order valence-corrected chi connectivity index (χ1v) is 19.5. The van der Waals surface area contributed by atoms with Crippen LogP contribution in [-0.2, 0) is 10.8 Å². The fourth-order valence-corrected chi connectivity index (χ4v) is 11.4. The van der Waals surface area contributed by atoms with E-state index in [1.165, 1.54) is 109 Å². The number of nitrogens with zero attached hydrogens (tertiary/aromatic N) is 2. The van der Waals surface area contributed by atoms with Gasteiger partial charge in [0, 0.05) is 54.0 Å². The highest BCUT2D eigenvalue weighted by atomic mass is 32.1. The molecule has 0 unspecified atom stereocenters. The molecule has 2 nitrogen and oxygen atoms in total. The van der Waals surface area contributed by atoms with Gasteiger partial charge in [-0.05, 0) is 81.4 Å². The summed E-state index contributed by atoms with van der Waals surface area (Å²) in [6.45, 7) is 9.51. The summed E-state index contributed by atoms with van der Waals surface area (Å²) < 4.78 is 5.26. The molecule has 2 aliphatic rings. The lowest BCUT2D eigenvalue weighted by Crippen LogP contribution is -2.17. The van der Waals surface area contributed by atoms with Crippen LogP contribution in [0.3, 0.4) is 0 Å². The molecule has 3 aromatic heterocycles. The SMILES string of the molecule is CC1(C)c2ccccc2-c2ccc(N(c3ccc4c(c3)c3cccc5c6sc7ccccc7c6n4c35)c3cccc4c3-c3ccccc3C4(C)C)cc21. The predicted octanol–water partition coefficient (Wildman–Crippen LogP) is 14.1. The number of hydrogen-bond donors (Lipinski definition) is 0. The molecule has 0 atom stereocenters. The summed E-state index contributed by atoms with van der Waals surface area (Å²) in [5.41, 5.74) is 18.2. The molecule has 0 aliphatic heterocycles. The summed E-state index contributed by atoms with van der Waals surface area (Å²) in [5, 5.41) is 5.26. The molecule has 0 radical (unpaired) electrons. The zero-order valence-electron chi connectivity index (χ0n) is 30.2. The van der Waals surface area contributed by atoms with Crippen molar-refractivity contribution >= 4 is 75.9 Å². The molecule has 53 heavy (non-hydrogen) atoms. The second-order valence-corrected chi connectivity index (χ2v) is 17.2. The number of benzene rings is 7. The summed E-state index contributed by atoms with van der Waals surface area (Å²) in [4.78, 5) is 2.54. The van der Waals surface area contributed by atoms with Crippen LogP contribution in [0.5, 0.6) is 0 Å². The van der Waals surface area contributed by atoms with Crippen molar-refractivity contribution in [3.05, 3.63) is 168 Å². The lowest BCUT2D eigenvalue weighted by atomic mass is 9.82. The number of fused-ring (bicyclic) bond motifs is 14. The molecule has 3 heterocycles. The summed E-state index contributed by atoms with van der Waals surface area (Å²) in [6, 6.07) is 55.0. The lowest BCUT2D eigenvalue weighted by Gasteiger charge is -2.30. The van der Waals surface area contributed by atoms with E-state index in [0.717, 1.165) is 0 Å². The second kappa shape index (κ2) is 9.95. The maximum absolute atomic E-state index is 2.54. The molecule has 252 valence electrons. The maximum atomic E-state index is 2.54. The standard InChI is InChI=1S/C50H36N2S/c1-49(2)39-19-9-6-14-34(39)45-40(49)20-12-21-43(45)51(30-23-25-32-31-13-5-8-18-38(31)50(3,4)41(32)28-30)29-24-26-42-37(27-29)33-16-11-17-36-46(33)52(42)47-35-15-7-10-22-44(35)53-48(36)47/h5-28H,1-4H3. The molecule has 3 heteroatoms. The first-order chi connectivity index (χ1) is 25.8. The van der Waals surface area contributed by atoms with Crippen LogP contribution in [0.2, 0.25) is 0 Å². The fraction of sp³-hybridized carbons (Fsp3) is 0.120. The highest BCUT2D eigenvalue weighted by Crippen LogP contribution is 2.56. The van der Waals surface area contributed by atoms with Gasteiger partial charge in [0.1, 0.15) is 0 Å². The highest BCUT2D eigenvalue weighted by molar-refractivity contribution is 7.26. The minimum atomic E-state index is -0.105. The topological polar surface area (TPSA) is 7.65 Å². The van der Waals surface area contributed by atoms with Crippen molar-refractivity contribution in [2.24, 2.45) is 0 Å².